The largest absolute Gasteiger partial charge is 0.330 e. The maximum atomic E-state index is 12.6. The van der Waals surface area contributed by atoms with Crippen molar-refractivity contribution in [1.82, 2.24) is 9.88 Å². The Kier molecular flexibility index (Phi) is 3.56. The summed E-state index contributed by atoms with van der Waals surface area (Å²) in [5.74, 6) is 0.258. The predicted molar refractivity (Wildman–Crippen MR) is 90.4 cm³/mol. The standard InChI is InChI=1S/C17H19N3O2S/c1-10-18-13-7-6-12(9-15(13)23-10)19-16(21)14-3-2-8-20(14)17(22)11-4-5-11/h6-7,9,11,14H,2-5,8H2,1H3,(H,19,21). The fourth-order valence-electron chi connectivity index (χ4n) is 3.21. The first-order valence-corrected chi connectivity index (χ1v) is 8.92. The van der Waals surface area contributed by atoms with Gasteiger partial charge in [-0.3, -0.25) is 9.59 Å². The third-order valence-corrected chi connectivity index (χ3v) is 5.46. The van der Waals surface area contributed by atoms with E-state index in [1.807, 2.05) is 25.1 Å². The second kappa shape index (κ2) is 5.60. The topological polar surface area (TPSA) is 62.3 Å². The molecule has 1 unspecified atom stereocenters. The molecule has 1 N–H and O–H groups in total. The van der Waals surface area contributed by atoms with Gasteiger partial charge < -0.3 is 10.2 Å². The Morgan fingerprint density at radius 3 is 2.91 bits per heavy atom. The Morgan fingerprint density at radius 1 is 1.30 bits per heavy atom. The van der Waals surface area contributed by atoms with Gasteiger partial charge in [-0.1, -0.05) is 0 Å². The number of anilines is 1. The van der Waals surface area contributed by atoms with Crippen LogP contribution >= 0.6 is 11.3 Å². The van der Waals surface area contributed by atoms with Gasteiger partial charge in [0, 0.05) is 18.2 Å². The molecular weight excluding hydrogens is 310 g/mol. The molecule has 0 spiro atoms. The SMILES string of the molecule is Cc1nc2ccc(NC(=O)C3CCCN3C(=O)C3CC3)cc2s1. The number of nitrogens with zero attached hydrogens (tertiary/aromatic N) is 2. The molecule has 120 valence electrons. The van der Waals surface area contributed by atoms with E-state index in [1.54, 1.807) is 16.2 Å². The molecule has 1 saturated heterocycles. The van der Waals surface area contributed by atoms with Crippen LogP contribution in [0.25, 0.3) is 10.2 Å². The minimum absolute atomic E-state index is 0.0721. The van der Waals surface area contributed by atoms with Crippen molar-refractivity contribution in [1.29, 1.82) is 0 Å². The molecule has 1 atom stereocenters. The van der Waals surface area contributed by atoms with Crippen LogP contribution in [0.2, 0.25) is 0 Å². The van der Waals surface area contributed by atoms with Crippen molar-refractivity contribution in [3.05, 3.63) is 23.2 Å². The van der Waals surface area contributed by atoms with Gasteiger partial charge >= 0.3 is 0 Å². The number of aromatic nitrogens is 1. The number of carbonyl (C=O) groups excluding carboxylic acids is 2. The second-order valence-corrected chi connectivity index (χ2v) is 7.60. The molecule has 2 aliphatic rings. The molecule has 2 heterocycles. The first-order valence-electron chi connectivity index (χ1n) is 8.10. The lowest BCUT2D eigenvalue weighted by Crippen LogP contribution is -2.43. The lowest BCUT2D eigenvalue weighted by atomic mass is 10.2. The van der Waals surface area contributed by atoms with E-state index in [-0.39, 0.29) is 23.8 Å². The van der Waals surface area contributed by atoms with Crippen LogP contribution in [0.15, 0.2) is 18.2 Å². The number of rotatable bonds is 3. The average Bonchev–Trinajstić information content (AvgIpc) is 3.13. The van der Waals surface area contributed by atoms with Crippen molar-refractivity contribution < 1.29 is 9.59 Å². The summed E-state index contributed by atoms with van der Waals surface area (Å²) in [6.07, 6.45) is 3.62. The van der Waals surface area contributed by atoms with Crippen molar-refractivity contribution in [2.45, 2.75) is 38.6 Å². The second-order valence-electron chi connectivity index (χ2n) is 6.37. The summed E-state index contributed by atoms with van der Waals surface area (Å²) in [6.45, 7) is 2.68. The zero-order valence-corrected chi connectivity index (χ0v) is 13.9. The molecular formula is C17H19N3O2S. The van der Waals surface area contributed by atoms with E-state index in [1.165, 1.54) is 0 Å². The summed E-state index contributed by atoms with van der Waals surface area (Å²) in [7, 11) is 0. The number of amides is 2. The van der Waals surface area contributed by atoms with E-state index in [2.05, 4.69) is 10.3 Å². The summed E-state index contributed by atoms with van der Waals surface area (Å²) in [4.78, 5) is 31.1. The van der Waals surface area contributed by atoms with Crippen molar-refractivity contribution in [3.8, 4) is 0 Å². The van der Waals surface area contributed by atoms with E-state index >= 15 is 0 Å². The van der Waals surface area contributed by atoms with Gasteiger partial charge in [0.05, 0.1) is 15.2 Å². The highest BCUT2D eigenvalue weighted by molar-refractivity contribution is 7.18. The van der Waals surface area contributed by atoms with E-state index in [0.29, 0.717) is 6.54 Å². The van der Waals surface area contributed by atoms with Crippen molar-refractivity contribution in [2.24, 2.45) is 5.92 Å². The number of likely N-dealkylation sites (tertiary alicyclic amines) is 1. The van der Waals surface area contributed by atoms with E-state index in [0.717, 1.165) is 46.6 Å². The van der Waals surface area contributed by atoms with Crippen LogP contribution in [0, 0.1) is 12.8 Å². The third-order valence-electron chi connectivity index (χ3n) is 4.53. The molecule has 2 fully saturated rings. The normalized spacial score (nSPS) is 20.9. The van der Waals surface area contributed by atoms with Gasteiger partial charge in [-0.05, 0) is 50.8 Å². The summed E-state index contributed by atoms with van der Waals surface area (Å²) in [6, 6.07) is 5.44. The maximum Gasteiger partial charge on any atom is 0.247 e. The first-order chi connectivity index (χ1) is 11.1. The number of aryl methyl sites for hydroxylation is 1. The number of hydrogen-bond donors (Lipinski definition) is 1. The summed E-state index contributed by atoms with van der Waals surface area (Å²) >= 11 is 1.62. The zero-order valence-electron chi connectivity index (χ0n) is 13.0. The number of benzene rings is 1. The zero-order chi connectivity index (χ0) is 16.0. The van der Waals surface area contributed by atoms with Gasteiger partial charge in [-0.2, -0.15) is 0 Å². The van der Waals surface area contributed by atoms with Crippen LogP contribution < -0.4 is 5.32 Å². The van der Waals surface area contributed by atoms with Crippen LogP contribution in [0.5, 0.6) is 0 Å². The molecule has 0 bridgehead atoms. The smallest absolute Gasteiger partial charge is 0.247 e. The Bertz CT molecular complexity index is 781. The quantitative estimate of drug-likeness (QED) is 0.942. The van der Waals surface area contributed by atoms with E-state index in [9.17, 15) is 9.59 Å². The molecule has 5 nitrogen and oxygen atoms in total. The van der Waals surface area contributed by atoms with E-state index in [4.69, 9.17) is 0 Å². The van der Waals surface area contributed by atoms with Crippen LogP contribution in [-0.2, 0) is 9.59 Å². The van der Waals surface area contributed by atoms with Gasteiger partial charge in [0.2, 0.25) is 11.8 Å². The first kappa shape index (κ1) is 14.6. The molecule has 2 amide bonds. The lowest BCUT2D eigenvalue weighted by Gasteiger charge is -2.24. The number of carbonyl (C=O) groups is 2. The number of fused-ring (bicyclic) bond motifs is 1. The Hall–Kier alpha value is -1.95. The number of hydrogen-bond acceptors (Lipinski definition) is 4. The average molecular weight is 329 g/mol. The molecule has 1 aromatic heterocycles. The van der Waals surface area contributed by atoms with E-state index < -0.39 is 0 Å². The van der Waals surface area contributed by atoms with Crippen molar-refractivity contribution in [3.63, 3.8) is 0 Å². The van der Waals surface area contributed by atoms with Gasteiger partial charge in [-0.25, -0.2) is 4.98 Å². The highest BCUT2D eigenvalue weighted by Crippen LogP contribution is 2.34. The van der Waals surface area contributed by atoms with Crippen molar-refractivity contribution in [2.75, 3.05) is 11.9 Å². The Morgan fingerprint density at radius 2 is 2.13 bits per heavy atom. The predicted octanol–water partition coefficient (Wildman–Crippen LogP) is 2.94. The number of nitrogens with one attached hydrogen (secondary N) is 1. The third kappa shape index (κ3) is 2.83. The minimum Gasteiger partial charge on any atom is -0.330 e. The molecule has 1 aliphatic heterocycles. The lowest BCUT2D eigenvalue weighted by molar-refractivity contribution is -0.137. The van der Waals surface area contributed by atoms with Gasteiger partial charge in [0.1, 0.15) is 6.04 Å². The Balaban J connectivity index is 1.50. The van der Waals surface area contributed by atoms with Gasteiger partial charge in [0.25, 0.3) is 0 Å². The Labute approximate surface area is 138 Å². The highest BCUT2D eigenvalue weighted by atomic mass is 32.1. The fraction of sp³-hybridized carbons (Fsp3) is 0.471. The van der Waals surface area contributed by atoms with Gasteiger partial charge in [0.15, 0.2) is 0 Å². The maximum absolute atomic E-state index is 12.6. The van der Waals surface area contributed by atoms with Crippen molar-refractivity contribution >= 4 is 39.1 Å². The molecule has 23 heavy (non-hydrogen) atoms. The molecule has 1 aliphatic carbocycles. The molecule has 2 aromatic rings. The van der Waals surface area contributed by atoms with Crippen LogP contribution in [0.4, 0.5) is 5.69 Å². The monoisotopic (exact) mass is 329 g/mol. The van der Waals surface area contributed by atoms with Crippen LogP contribution in [0.1, 0.15) is 30.7 Å². The molecule has 1 aromatic carbocycles. The molecule has 6 heteroatoms. The van der Waals surface area contributed by atoms with Gasteiger partial charge in [-0.15, -0.1) is 11.3 Å². The summed E-state index contributed by atoms with van der Waals surface area (Å²) in [5.41, 5.74) is 1.73. The number of thiazole rings is 1. The summed E-state index contributed by atoms with van der Waals surface area (Å²) in [5, 5.41) is 3.99. The summed E-state index contributed by atoms with van der Waals surface area (Å²) < 4.78 is 1.07. The van der Waals surface area contributed by atoms with Crippen LogP contribution in [-0.4, -0.2) is 34.3 Å². The highest BCUT2D eigenvalue weighted by Gasteiger charge is 2.40. The minimum atomic E-state index is -0.318. The molecule has 1 saturated carbocycles. The molecule has 0 radical (unpaired) electrons. The molecule has 4 rings (SSSR count). The fourth-order valence-corrected chi connectivity index (χ4v) is 4.08. The van der Waals surface area contributed by atoms with Crippen LogP contribution in [0.3, 0.4) is 0 Å².